The van der Waals surface area contributed by atoms with Crippen LogP contribution in [0.5, 0.6) is 5.75 Å². The molecule has 1 aromatic heterocycles. The predicted octanol–water partition coefficient (Wildman–Crippen LogP) is 3.83. The van der Waals surface area contributed by atoms with Gasteiger partial charge in [-0.2, -0.15) is 5.26 Å². The van der Waals surface area contributed by atoms with E-state index in [9.17, 15) is 4.79 Å². The van der Waals surface area contributed by atoms with Gasteiger partial charge in [0.05, 0.1) is 18.4 Å². The molecule has 0 atom stereocenters. The van der Waals surface area contributed by atoms with Gasteiger partial charge in [0, 0.05) is 15.7 Å². The first-order chi connectivity index (χ1) is 14.1. The zero-order valence-electron chi connectivity index (χ0n) is 15.6. The Morgan fingerprint density at radius 3 is 2.59 bits per heavy atom. The third-order valence-electron chi connectivity index (χ3n) is 3.84. The lowest BCUT2D eigenvalue weighted by Crippen LogP contribution is -2.25. The number of ether oxygens (including phenoxy) is 1. The van der Waals surface area contributed by atoms with Gasteiger partial charge in [-0.15, -0.1) is 10.2 Å². The van der Waals surface area contributed by atoms with Gasteiger partial charge in [-0.05, 0) is 43.3 Å². The highest BCUT2D eigenvalue weighted by atomic mass is 79.9. The van der Waals surface area contributed by atoms with E-state index in [1.165, 1.54) is 11.8 Å². The van der Waals surface area contributed by atoms with Gasteiger partial charge in [0.1, 0.15) is 12.3 Å². The van der Waals surface area contributed by atoms with Gasteiger partial charge in [-0.3, -0.25) is 9.36 Å². The molecule has 9 heteroatoms. The molecule has 0 unspecified atom stereocenters. The van der Waals surface area contributed by atoms with E-state index in [-0.39, 0.29) is 18.2 Å². The lowest BCUT2D eigenvalue weighted by molar-refractivity contribution is -0.118. The summed E-state index contributed by atoms with van der Waals surface area (Å²) in [6, 6.07) is 17.3. The van der Waals surface area contributed by atoms with Crippen molar-refractivity contribution >= 4 is 33.6 Å². The van der Waals surface area contributed by atoms with Crippen LogP contribution in [-0.4, -0.2) is 39.6 Å². The first kappa shape index (κ1) is 20.9. The number of carbonyl (C=O) groups is 1. The van der Waals surface area contributed by atoms with Crippen molar-refractivity contribution in [2.24, 2.45) is 0 Å². The van der Waals surface area contributed by atoms with Crippen LogP contribution in [0.2, 0.25) is 0 Å². The summed E-state index contributed by atoms with van der Waals surface area (Å²) < 4.78 is 8.40. The topological polar surface area (TPSA) is 92.8 Å². The summed E-state index contributed by atoms with van der Waals surface area (Å²) in [5, 5.41) is 20.3. The largest absolute Gasteiger partial charge is 0.494 e. The number of thioether (sulfide) groups is 1. The van der Waals surface area contributed by atoms with Crippen LogP contribution in [0.4, 0.5) is 0 Å². The van der Waals surface area contributed by atoms with Crippen LogP contribution in [0.3, 0.4) is 0 Å². The fourth-order valence-electron chi connectivity index (χ4n) is 2.56. The zero-order chi connectivity index (χ0) is 20.6. The van der Waals surface area contributed by atoms with Gasteiger partial charge < -0.3 is 10.1 Å². The number of aromatic nitrogens is 3. The number of rotatable bonds is 8. The van der Waals surface area contributed by atoms with E-state index in [4.69, 9.17) is 10.00 Å². The Morgan fingerprint density at radius 2 is 1.93 bits per heavy atom. The maximum Gasteiger partial charge on any atom is 0.231 e. The average molecular weight is 472 g/mol. The molecule has 29 heavy (non-hydrogen) atoms. The predicted molar refractivity (Wildman–Crippen MR) is 115 cm³/mol. The molecule has 2 aromatic carbocycles. The number of carbonyl (C=O) groups excluding carboxylic acids is 1. The molecule has 1 heterocycles. The molecule has 0 saturated heterocycles. The normalized spacial score (nSPS) is 10.4. The minimum absolute atomic E-state index is 0.0187. The number of hydrogen-bond donors (Lipinski definition) is 1. The van der Waals surface area contributed by atoms with Crippen molar-refractivity contribution in [1.29, 1.82) is 5.26 Å². The van der Waals surface area contributed by atoms with E-state index in [1.54, 1.807) is 0 Å². The summed E-state index contributed by atoms with van der Waals surface area (Å²) >= 11 is 4.70. The van der Waals surface area contributed by atoms with Crippen molar-refractivity contribution in [1.82, 2.24) is 20.1 Å². The number of benzene rings is 2. The molecule has 1 N–H and O–H groups in total. The SMILES string of the molecule is CCOc1ccc(-n2c(SCC(=O)NCC#N)nnc2-c2ccc(Br)cc2)cc1. The molecule has 3 aromatic rings. The van der Waals surface area contributed by atoms with E-state index in [0.29, 0.717) is 17.6 Å². The van der Waals surface area contributed by atoms with Crippen LogP contribution < -0.4 is 10.1 Å². The minimum atomic E-state index is -0.233. The number of nitrogens with zero attached hydrogens (tertiary/aromatic N) is 4. The van der Waals surface area contributed by atoms with Crippen molar-refractivity contribution in [2.45, 2.75) is 12.1 Å². The van der Waals surface area contributed by atoms with Crippen molar-refractivity contribution in [3.63, 3.8) is 0 Å². The summed E-state index contributed by atoms with van der Waals surface area (Å²) in [6.45, 7) is 2.51. The molecule has 148 valence electrons. The minimum Gasteiger partial charge on any atom is -0.494 e. The van der Waals surface area contributed by atoms with Crippen LogP contribution >= 0.6 is 27.7 Å². The third kappa shape index (κ3) is 5.37. The van der Waals surface area contributed by atoms with Crippen molar-refractivity contribution < 1.29 is 9.53 Å². The average Bonchev–Trinajstić information content (AvgIpc) is 3.16. The van der Waals surface area contributed by atoms with Crippen molar-refractivity contribution in [3.8, 4) is 28.9 Å². The highest BCUT2D eigenvalue weighted by Crippen LogP contribution is 2.29. The lowest BCUT2D eigenvalue weighted by atomic mass is 10.2. The maximum atomic E-state index is 11.9. The van der Waals surface area contributed by atoms with Gasteiger partial charge in [0.25, 0.3) is 0 Å². The molecule has 0 aliphatic carbocycles. The molecule has 0 fully saturated rings. The fraction of sp³-hybridized carbons (Fsp3) is 0.200. The van der Waals surface area contributed by atoms with Crippen LogP contribution in [0.1, 0.15) is 6.92 Å². The number of halogens is 1. The van der Waals surface area contributed by atoms with Gasteiger partial charge in [0.2, 0.25) is 5.91 Å². The van der Waals surface area contributed by atoms with E-state index in [2.05, 4.69) is 31.4 Å². The van der Waals surface area contributed by atoms with Crippen LogP contribution in [-0.2, 0) is 4.79 Å². The van der Waals surface area contributed by atoms with E-state index in [1.807, 2.05) is 66.1 Å². The molecule has 0 spiro atoms. The van der Waals surface area contributed by atoms with Crippen LogP contribution in [0.15, 0.2) is 58.2 Å². The van der Waals surface area contributed by atoms with Gasteiger partial charge in [-0.1, -0.05) is 39.8 Å². The molecule has 0 saturated carbocycles. The Hall–Kier alpha value is -2.83. The second-order valence-electron chi connectivity index (χ2n) is 5.80. The molecule has 0 aliphatic rings. The summed E-state index contributed by atoms with van der Waals surface area (Å²) in [4.78, 5) is 11.9. The summed E-state index contributed by atoms with van der Waals surface area (Å²) in [5.74, 6) is 1.35. The molecular formula is C20H18BrN5O2S. The number of nitriles is 1. The van der Waals surface area contributed by atoms with Crippen LogP contribution in [0.25, 0.3) is 17.1 Å². The lowest BCUT2D eigenvalue weighted by Gasteiger charge is -2.11. The first-order valence-corrected chi connectivity index (χ1v) is 10.6. The van der Waals surface area contributed by atoms with Gasteiger partial charge >= 0.3 is 0 Å². The summed E-state index contributed by atoms with van der Waals surface area (Å²) in [6.07, 6.45) is 0. The highest BCUT2D eigenvalue weighted by molar-refractivity contribution is 9.10. The molecule has 7 nitrogen and oxygen atoms in total. The Labute approximate surface area is 181 Å². The molecule has 1 amide bonds. The monoisotopic (exact) mass is 471 g/mol. The second kappa shape index (κ2) is 10.1. The van der Waals surface area contributed by atoms with Crippen molar-refractivity contribution in [3.05, 3.63) is 53.0 Å². The number of nitrogens with one attached hydrogen (secondary N) is 1. The number of hydrogen-bond acceptors (Lipinski definition) is 6. The standard InChI is InChI=1S/C20H18BrN5O2S/c1-2-28-17-9-7-16(8-10-17)26-19(14-3-5-15(21)6-4-14)24-25-20(26)29-13-18(27)23-12-11-22/h3-10H,2,12-13H2,1H3,(H,23,27). The van der Waals surface area contributed by atoms with Gasteiger partial charge in [-0.25, -0.2) is 0 Å². The Balaban J connectivity index is 1.95. The molecule has 0 bridgehead atoms. The highest BCUT2D eigenvalue weighted by Gasteiger charge is 2.17. The molecule has 0 aliphatic heterocycles. The van der Waals surface area contributed by atoms with E-state index >= 15 is 0 Å². The summed E-state index contributed by atoms with van der Waals surface area (Å²) in [5.41, 5.74) is 1.76. The fourth-order valence-corrected chi connectivity index (χ4v) is 3.61. The smallest absolute Gasteiger partial charge is 0.231 e. The quantitative estimate of drug-likeness (QED) is 0.396. The first-order valence-electron chi connectivity index (χ1n) is 8.83. The third-order valence-corrected chi connectivity index (χ3v) is 5.30. The van der Waals surface area contributed by atoms with E-state index < -0.39 is 0 Å². The second-order valence-corrected chi connectivity index (χ2v) is 7.66. The van der Waals surface area contributed by atoms with Crippen molar-refractivity contribution in [2.75, 3.05) is 18.9 Å². The zero-order valence-corrected chi connectivity index (χ0v) is 18.0. The number of amides is 1. The molecule has 3 rings (SSSR count). The Morgan fingerprint density at radius 1 is 1.21 bits per heavy atom. The maximum absolute atomic E-state index is 11.9. The van der Waals surface area contributed by atoms with Crippen LogP contribution in [0, 0.1) is 11.3 Å². The van der Waals surface area contributed by atoms with E-state index in [0.717, 1.165) is 21.5 Å². The Kier molecular flexibility index (Phi) is 7.27. The Bertz CT molecular complexity index is 1010. The summed E-state index contributed by atoms with van der Waals surface area (Å²) in [7, 11) is 0. The van der Waals surface area contributed by atoms with Gasteiger partial charge in [0.15, 0.2) is 11.0 Å². The molecule has 0 radical (unpaired) electrons. The molecular weight excluding hydrogens is 454 g/mol.